The molecule has 3 fully saturated rings. The molecule has 4 aliphatic rings. The molecule has 1 spiro atoms. The Morgan fingerprint density at radius 1 is 1.00 bits per heavy atom. The van der Waals surface area contributed by atoms with Crippen LogP contribution in [-0.4, -0.2) is 0 Å². The third-order valence-electron chi connectivity index (χ3n) is 6.51. The van der Waals surface area contributed by atoms with Crippen LogP contribution < -0.4 is 0 Å². The van der Waals surface area contributed by atoms with Crippen molar-refractivity contribution in [2.24, 2.45) is 34.0 Å². The van der Waals surface area contributed by atoms with Gasteiger partial charge in [-0.2, -0.15) is 21.0 Å². The van der Waals surface area contributed by atoms with Gasteiger partial charge in [-0.1, -0.05) is 11.6 Å². The monoisotopic (exact) mass is 260 g/mol. The number of fused-ring (bicyclic) bond motifs is 4. The Kier molecular flexibility index (Phi) is 1.76. The maximum absolute atomic E-state index is 9.80. The first-order chi connectivity index (χ1) is 9.65. The SMILES string of the molecule is N#CC1(C#N)[C@@H]2C=C3[C@@H]4CC[C@@H](C4)[C@]3(C2)C1(C#N)C#N. The van der Waals surface area contributed by atoms with Crippen LogP contribution in [0.3, 0.4) is 0 Å². The molecule has 0 radical (unpaired) electrons. The average Bonchev–Trinajstić information content (AvgIpc) is 3.19. The zero-order chi connectivity index (χ0) is 14.2. The molecule has 4 nitrogen and oxygen atoms in total. The minimum atomic E-state index is -1.50. The van der Waals surface area contributed by atoms with E-state index in [0.29, 0.717) is 18.3 Å². The first-order valence-electron chi connectivity index (χ1n) is 7.03. The summed E-state index contributed by atoms with van der Waals surface area (Å²) in [5, 5.41) is 38.8. The van der Waals surface area contributed by atoms with E-state index in [4.69, 9.17) is 0 Å². The van der Waals surface area contributed by atoms with Gasteiger partial charge in [0.05, 0.1) is 24.3 Å². The fraction of sp³-hybridized carbons (Fsp3) is 0.625. The molecule has 0 aromatic rings. The minimum Gasteiger partial charge on any atom is -0.196 e. The zero-order valence-electron chi connectivity index (χ0n) is 10.9. The second-order valence-electron chi connectivity index (χ2n) is 6.62. The van der Waals surface area contributed by atoms with E-state index in [9.17, 15) is 21.0 Å². The molecule has 0 unspecified atom stereocenters. The molecule has 0 saturated heterocycles. The second kappa shape index (κ2) is 3.06. The van der Waals surface area contributed by atoms with E-state index in [0.717, 1.165) is 19.3 Å². The van der Waals surface area contributed by atoms with E-state index in [1.807, 2.05) is 0 Å². The predicted octanol–water partition coefficient (Wildman–Crippen LogP) is 2.43. The third kappa shape index (κ3) is 0.740. The summed E-state index contributed by atoms with van der Waals surface area (Å²) in [5.41, 5.74) is -2.28. The van der Waals surface area contributed by atoms with Gasteiger partial charge >= 0.3 is 0 Å². The number of hydrogen-bond donors (Lipinski definition) is 0. The molecule has 4 atom stereocenters. The summed E-state index contributed by atoms with van der Waals surface area (Å²) >= 11 is 0. The number of allylic oxidation sites excluding steroid dienone is 2. The molecule has 0 amide bonds. The van der Waals surface area contributed by atoms with Gasteiger partial charge in [-0.15, -0.1) is 0 Å². The van der Waals surface area contributed by atoms with Gasteiger partial charge in [0, 0.05) is 11.3 Å². The van der Waals surface area contributed by atoms with Crippen LogP contribution in [0.15, 0.2) is 11.6 Å². The smallest absolute Gasteiger partial charge is 0.185 e. The summed E-state index contributed by atoms with van der Waals surface area (Å²) in [7, 11) is 0. The van der Waals surface area contributed by atoms with Crippen LogP contribution in [-0.2, 0) is 0 Å². The van der Waals surface area contributed by atoms with Crippen molar-refractivity contribution < 1.29 is 0 Å². The Balaban J connectivity index is 2.08. The zero-order valence-corrected chi connectivity index (χ0v) is 10.9. The highest BCUT2D eigenvalue weighted by atomic mass is 14.8. The van der Waals surface area contributed by atoms with Crippen molar-refractivity contribution in [2.45, 2.75) is 25.7 Å². The average molecular weight is 260 g/mol. The van der Waals surface area contributed by atoms with E-state index in [1.54, 1.807) is 0 Å². The highest BCUT2D eigenvalue weighted by Gasteiger charge is 2.82. The van der Waals surface area contributed by atoms with E-state index in [-0.39, 0.29) is 5.92 Å². The lowest BCUT2D eigenvalue weighted by atomic mass is 9.50. The summed E-state index contributed by atoms with van der Waals surface area (Å²) in [6, 6.07) is 8.44. The lowest BCUT2D eigenvalue weighted by molar-refractivity contribution is 0.112. The van der Waals surface area contributed by atoms with Crippen LogP contribution in [0.1, 0.15) is 25.7 Å². The highest BCUT2D eigenvalue weighted by Crippen LogP contribution is 2.81. The highest BCUT2D eigenvalue weighted by molar-refractivity contribution is 5.56. The summed E-state index contributed by atoms with van der Waals surface area (Å²) in [4.78, 5) is 0. The van der Waals surface area contributed by atoms with Gasteiger partial charge in [-0.05, 0) is 37.5 Å². The number of nitriles is 4. The van der Waals surface area contributed by atoms with Crippen molar-refractivity contribution in [3.8, 4) is 24.3 Å². The second-order valence-corrected chi connectivity index (χ2v) is 6.62. The van der Waals surface area contributed by atoms with Gasteiger partial charge in [-0.25, -0.2) is 0 Å². The molecule has 4 heteroatoms. The number of hydrogen-bond acceptors (Lipinski definition) is 4. The van der Waals surface area contributed by atoms with Crippen molar-refractivity contribution in [1.82, 2.24) is 0 Å². The molecule has 20 heavy (non-hydrogen) atoms. The van der Waals surface area contributed by atoms with Crippen molar-refractivity contribution >= 4 is 0 Å². The predicted molar refractivity (Wildman–Crippen MR) is 66.8 cm³/mol. The molecule has 4 rings (SSSR count). The molecule has 0 aromatic carbocycles. The van der Waals surface area contributed by atoms with Crippen LogP contribution in [0.4, 0.5) is 0 Å². The number of nitrogens with zero attached hydrogens (tertiary/aromatic N) is 4. The minimum absolute atomic E-state index is 0.254. The van der Waals surface area contributed by atoms with Gasteiger partial charge in [-0.3, -0.25) is 0 Å². The first kappa shape index (κ1) is 11.5. The normalized spacial score (nSPS) is 43.8. The molecule has 0 aliphatic heterocycles. The van der Waals surface area contributed by atoms with Crippen LogP contribution in [0.5, 0.6) is 0 Å². The van der Waals surface area contributed by atoms with Crippen molar-refractivity contribution in [1.29, 1.82) is 21.0 Å². The molecular weight excluding hydrogens is 248 g/mol. The fourth-order valence-electron chi connectivity index (χ4n) is 5.85. The standard InChI is InChI=1S/C16H12N4/c17-6-14(7-18)12-4-13-10-1-2-11(3-10)16(13,5-12)15(14,8-19)9-20/h4,10-12H,1-3,5H2/t10-,11+,12-,16+/m1/s1. The van der Waals surface area contributed by atoms with Crippen LogP contribution in [0, 0.1) is 79.3 Å². The third-order valence-corrected chi connectivity index (χ3v) is 6.51. The van der Waals surface area contributed by atoms with E-state index in [1.165, 1.54) is 5.57 Å². The Morgan fingerprint density at radius 3 is 2.30 bits per heavy atom. The molecule has 96 valence electrons. The van der Waals surface area contributed by atoms with Crippen molar-refractivity contribution in [3.63, 3.8) is 0 Å². The number of rotatable bonds is 0. The summed E-state index contributed by atoms with van der Waals surface area (Å²) < 4.78 is 0. The van der Waals surface area contributed by atoms with Gasteiger partial charge in [0.25, 0.3) is 0 Å². The van der Waals surface area contributed by atoms with Crippen LogP contribution in [0.25, 0.3) is 0 Å². The molecule has 0 aromatic heterocycles. The quantitative estimate of drug-likeness (QED) is 0.625. The Hall–Kier alpha value is -2.30. The van der Waals surface area contributed by atoms with Gasteiger partial charge in [0.1, 0.15) is 0 Å². The Labute approximate surface area is 117 Å². The van der Waals surface area contributed by atoms with Gasteiger partial charge < -0.3 is 0 Å². The molecule has 3 saturated carbocycles. The van der Waals surface area contributed by atoms with E-state index in [2.05, 4.69) is 30.4 Å². The van der Waals surface area contributed by atoms with E-state index < -0.39 is 16.2 Å². The lowest BCUT2D eigenvalue weighted by Crippen LogP contribution is -2.50. The largest absolute Gasteiger partial charge is 0.196 e. The fourth-order valence-corrected chi connectivity index (χ4v) is 5.85. The molecule has 0 N–H and O–H groups in total. The van der Waals surface area contributed by atoms with Crippen molar-refractivity contribution in [2.75, 3.05) is 0 Å². The van der Waals surface area contributed by atoms with E-state index >= 15 is 0 Å². The van der Waals surface area contributed by atoms with Crippen LogP contribution in [0.2, 0.25) is 0 Å². The molecule has 4 bridgehead atoms. The Bertz CT molecular complexity index is 692. The van der Waals surface area contributed by atoms with Gasteiger partial charge in [0.15, 0.2) is 10.8 Å². The molecule has 0 heterocycles. The lowest BCUT2D eigenvalue weighted by Gasteiger charge is -2.45. The Morgan fingerprint density at radius 2 is 1.70 bits per heavy atom. The molecule has 4 aliphatic carbocycles. The van der Waals surface area contributed by atoms with Crippen LogP contribution >= 0.6 is 0 Å². The molecular formula is C16H12N4. The van der Waals surface area contributed by atoms with Crippen molar-refractivity contribution in [3.05, 3.63) is 11.6 Å². The summed E-state index contributed by atoms with van der Waals surface area (Å²) in [6.07, 6.45) is 5.89. The summed E-state index contributed by atoms with van der Waals surface area (Å²) in [5.74, 6) is 0.517. The topological polar surface area (TPSA) is 95.2 Å². The summed E-state index contributed by atoms with van der Waals surface area (Å²) in [6.45, 7) is 0. The van der Waals surface area contributed by atoms with Gasteiger partial charge in [0.2, 0.25) is 0 Å². The maximum Gasteiger partial charge on any atom is 0.185 e. The first-order valence-corrected chi connectivity index (χ1v) is 7.03. The maximum atomic E-state index is 9.80.